The molecule has 2 atom stereocenters. The first-order valence-electron chi connectivity index (χ1n) is 7.35. The fourth-order valence-corrected chi connectivity index (χ4v) is 3.48. The number of aliphatic hydroxyl groups excluding tert-OH is 1. The number of ether oxygens (including phenoxy) is 1. The van der Waals surface area contributed by atoms with Gasteiger partial charge < -0.3 is 20.1 Å². The van der Waals surface area contributed by atoms with Gasteiger partial charge in [0, 0.05) is 6.54 Å². The van der Waals surface area contributed by atoms with Gasteiger partial charge in [-0.1, -0.05) is 29.3 Å². The molecule has 7 heteroatoms. The first-order chi connectivity index (χ1) is 10.6. The Hall–Kier alpha value is -1.01. The first-order valence-corrected chi connectivity index (χ1v) is 8.10. The maximum Gasteiger partial charge on any atom is 0.318 e. The van der Waals surface area contributed by atoms with Gasteiger partial charge in [-0.3, -0.25) is 0 Å². The fourth-order valence-electron chi connectivity index (χ4n) is 3.04. The minimum absolute atomic E-state index is 0.0484. The summed E-state index contributed by atoms with van der Waals surface area (Å²) >= 11 is 12.3. The van der Waals surface area contributed by atoms with E-state index in [0.717, 1.165) is 24.0 Å². The van der Waals surface area contributed by atoms with Crippen molar-refractivity contribution in [1.29, 1.82) is 0 Å². The van der Waals surface area contributed by atoms with Crippen molar-refractivity contribution in [3.63, 3.8) is 0 Å². The van der Waals surface area contributed by atoms with Crippen molar-refractivity contribution in [2.45, 2.75) is 25.0 Å². The predicted octanol–water partition coefficient (Wildman–Crippen LogP) is 2.38. The van der Waals surface area contributed by atoms with Crippen LogP contribution in [0.3, 0.4) is 0 Å². The second-order valence-corrected chi connectivity index (χ2v) is 6.38. The van der Waals surface area contributed by atoms with Gasteiger partial charge in [0.05, 0.1) is 41.9 Å². The molecule has 1 aliphatic carbocycles. The van der Waals surface area contributed by atoms with Crippen LogP contribution in [-0.2, 0) is 11.2 Å². The molecule has 2 unspecified atom stereocenters. The van der Waals surface area contributed by atoms with Crippen molar-refractivity contribution in [3.05, 3.63) is 33.3 Å². The monoisotopic (exact) mass is 344 g/mol. The quantitative estimate of drug-likeness (QED) is 0.865. The number of nitrogens with zero attached hydrogens (tertiary/aromatic N) is 1. The van der Waals surface area contributed by atoms with Gasteiger partial charge in [0.15, 0.2) is 0 Å². The van der Waals surface area contributed by atoms with Gasteiger partial charge in [0.1, 0.15) is 0 Å². The van der Waals surface area contributed by atoms with Crippen LogP contribution < -0.4 is 5.32 Å². The fraction of sp³-hybridized carbons (Fsp3) is 0.533. The lowest BCUT2D eigenvalue weighted by Gasteiger charge is -2.33. The molecule has 0 bridgehead atoms. The van der Waals surface area contributed by atoms with Crippen LogP contribution in [0, 0.1) is 0 Å². The SMILES string of the molecule is O=C(NC1CCc2c1ccc(Cl)c2Cl)N1CCOC(CO)C1. The molecule has 1 heterocycles. The van der Waals surface area contributed by atoms with Crippen LogP contribution in [0.25, 0.3) is 0 Å². The van der Waals surface area contributed by atoms with Gasteiger partial charge >= 0.3 is 6.03 Å². The van der Waals surface area contributed by atoms with E-state index in [1.807, 2.05) is 6.07 Å². The van der Waals surface area contributed by atoms with E-state index in [9.17, 15) is 4.79 Å². The number of carbonyl (C=O) groups is 1. The maximum atomic E-state index is 12.4. The molecule has 1 aromatic carbocycles. The smallest absolute Gasteiger partial charge is 0.318 e. The van der Waals surface area contributed by atoms with Crippen molar-refractivity contribution in [1.82, 2.24) is 10.2 Å². The van der Waals surface area contributed by atoms with Gasteiger partial charge in [-0.2, -0.15) is 0 Å². The zero-order valence-electron chi connectivity index (χ0n) is 12.0. The molecule has 1 saturated heterocycles. The van der Waals surface area contributed by atoms with Crippen molar-refractivity contribution in [2.75, 3.05) is 26.3 Å². The summed E-state index contributed by atoms with van der Waals surface area (Å²) < 4.78 is 5.36. The van der Waals surface area contributed by atoms with Crippen LogP contribution >= 0.6 is 23.2 Å². The number of hydrogen-bond donors (Lipinski definition) is 2. The van der Waals surface area contributed by atoms with E-state index in [0.29, 0.717) is 29.7 Å². The molecule has 2 amide bonds. The van der Waals surface area contributed by atoms with Crippen LogP contribution in [0.5, 0.6) is 0 Å². The molecule has 2 N–H and O–H groups in total. The Kier molecular flexibility index (Phi) is 4.78. The average molecular weight is 345 g/mol. The van der Waals surface area contributed by atoms with E-state index in [4.69, 9.17) is 33.0 Å². The van der Waals surface area contributed by atoms with Crippen LogP contribution in [-0.4, -0.2) is 48.4 Å². The highest BCUT2D eigenvalue weighted by Gasteiger charge is 2.30. The Bertz CT molecular complexity index is 582. The highest BCUT2D eigenvalue weighted by molar-refractivity contribution is 6.42. The number of morpholine rings is 1. The third-order valence-electron chi connectivity index (χ3n) is 4.22. The Morgan fingerprint density at radius 1 is 1.45 bits per heavy atom. The Labute approximate surface area is 139 Å². The lowest BCUT2D eigenvalue weighted by Crippen LogP contribution is -2.51. The number of nitrogens with one attached hydrogen (secondary N) is 1. The number of aliphatic hydroxyl groups is 1. The Morgan fingerprint density at radius 3 is 3.05 bits per heavy atom. The van der Waals surface area contributed by atoms with Crippen molar-refractivity contribution in [3.8, 4) is 0 Å². The van der Waals surface area contributed by atoms with Crippen molar-refractivity contribution >= 4 is 29.2 Å². The second-order valence-electron chi connectivity index (χ2n) is 5.59. The lowest BCUT2D eigenvalue weighted by atomic mass is 10.1. The van der Waals surface area contributed by atoms with Crippen molar-refractivity contribution < 1.29 is 14.6 Å². The minimum Gasteiger partial charge on any atom is -0.394 e. The van der Waals surface area contributed by atoms with E-state index in [1.165, 1.54) is 0 Å². The molecule has 1 fully saturated rings. The van der Waals surface area contributed by atoms with E-state index in [2.05, 4.69) is 5.32 Å². The Balaban J connectivity index is 1.68. The lowest BCUT2D eigenvalue weighted by molar-refractivity contribution is -0.0405. The standard InChI is InChI=1S/C15H18Cl2N2O3/c16-12-3-1-10-11(14(12)17)2-4-13(10)18-15(21)19-5-6-22-9(7-19)8-20/h1,3,9,13,20H,2,4-8H2,(H,18,21). The highest BCUT2D eigenvalue weighted by atomic mass is 35.5. The summed E-state index contributed by atoms with van der Waals surface area (Å²) in [6.07, 6.45) is 1.32. The molecule has 0 aromatic heterocycles. The molecule has 22 heavy (non-hydrogen) atoms. The van der Waals surface area contributed by atoms with Gasteiger partial charge in [0.25, 0.3) is 0 Å². The van der Waals surface area contributed by atoms with E-state index in [1.54, 1.807) is 11.0 Å². The molecular formula is C15H18Cl2N2O3. The van der Waals surface area contributed by atoms with Crippen LogP contribution in [0.15, 0.2) is 12.1 Å². The molecule has 5 nitrogen and oxygen atoms in total. The Morgan fingerprint density at radius 2 is 2.27 bits per heavy atom. The number of halogens is 2. The molecule has 2 aliphatic rings. The highest BCUT2D eigenvalue weighted by Crippen LogP contribution is 2.39. The van der Waals surface area contributed by atoms with Gasteiger partial charge in [-0.05, 0) is 30.0 Å². The molecule has 1 aliphatic heterocycles. The number of fused-ring (bicyclic) bond motifs is 1. The van der Waals surface area contributed by atoms with Gasteiger partial charge in [-0.25, -0.2) is 4.79 Å². The largest absolute Gasteiger partial charge is 0.394 e. The summed E-state index contributed by atoms with van der Waals surface area (Å²) in [5, 5.41) is 13.3. The zero-order valence-corrected chi connectivity index (χ0v) is 13.5. The molecule has 1 aromatic rings. The summed E-state index contributed by atoms with van der Waals surface area (Å²) in [5.41, 5.74) is 2.06. The number of amides is 2. The summed E-state index contributed by atoms with van der Waals surface area (Å²) in [7, 11) is 0. The molecule has 120 valence electrons. The summed E-state index contributed by atoms with van der Waals surface area (Å²) in [5.74, 6) is 0. The second kappa shape index (κ2) is 6.62. The molecule has 3 rings (SSSR count). The number of benzene rings is 1. The number of hydrogen-bond acceptors (Lipinski definition) is 3. The van der Waals surface area contributed by atoms with Gasteiger partial charge in [-0.15, -0.1) is 0 Å². The van der Waals surface area contributed by atoms with Gasteiger partial charge in [0.2, 0.25) is 0 Å². The van der Waals surface area contributed by atoms with Crippen LogP contribution in [0.1, 0.15) is 23.6 Å². The summed E-state index contributed by atoms with van der Waals surface area (Å²) in [6.45, 7) is 1.30. The molecule has 0 spiro atoms. The zero-order chi connectivity index (χ0) is 15.7. The minimum atomic E-state index is -0.302. The average Bonchev–Trinajstić information content (AvgIpc) is 2.94. The van der Waals surface area contributed by atoms with E-state index < -0.39 is 0 Å². The third-order valence-corrected chi connectivity index (χ3v) is 5.06. The third kappa shape index (κ3) is 3.04. The predicted molar refractivity (Wildman–Crippen MR) is 84.5 cm³/mol. The normalized spacial score (nSPS) is 24.2. The van der Waals surface area contributed by atoms with E-state index >= 15 is 0 Å². The number of urea groups is 1. The maximum absolute atomic E-state index is 12.4. The number of rotatable bonds is 2. The first kappa shape index (κ1) is 15.9. The molecule has 0 saturated carbocycles. The summed E-state index contributed by atoms with van der Waals surface area (Å²) in [4.78, 5) is 14.1. The van der Waals surface area contributed by atoms with E-state index in [-0.39, 0.29) is 24.8 Å². The topological polar surface area (TPSA) is 61.8 Å². The summed E-state index contributed by atoms with van der Waals surface area (Å²) in [6, 6.07) is 3.51. The van der Waals surface area contributed by atoms with Crippen molar-refractivity contribution in [2.24, 2.45) is 0 Å². The van der Waals surface area contributed by atoms with Crippen LogP contribution in [0.4, 0.5) is 4.79 Å². The van der Waals surface area contributed by atoms with Crippen LogP contribution in [0.2, 0.25) is 10.0 Å². The number of carbonyl (C=O) groups excluding carboxylic acids is 1. The molecule has 0 radical (unpaired) electrons. The molecular weight excluding hydrogens is 327 g/mol.